The highest BCUT2D eigenvalue weighted by molar-refractivity contribution is 5.69. The molecule has 1 aliphatic heterocycles. The quantitative estimate of drug-likeness (QED) is 0.533. The molecule has 1 saturated heterocycles. The van der Waals surface area contributed by atoms with Crippen LogP contribution in [-0.4, -0.2) is 31.6 Å². The van der Waals surface area contributed by atoms with E-state index in [0.717, 1.165) is 6.42 Å². The zero-order valence-corrected chi connectivity index (χ0v) is 10.2. The van der Waals surface area contributed by atoms with Crippen LogP contribution in [0.15, 0.2) is 12.2 Å². The smallest absolute Gasteiger partial charge is 0.305 e. The number of allylic oxidation sites excluding steroid dienone is 1. The molecule has 0 spiro atoms. The van der Waals surface area contributed by atoms with Crippen LogP contribution in [0.25, 0.3) is 0 Å². The Morgan fingerprint density at radius 2 is 2.25 bits per heavy atom. The van der Waals surface area contributed by atoms with E-state index in [0.29, 0.717) is 19.4 Å². The molecule has 1 atom stereocenters. The Labute approximate surface area is 96.6 Å². The van der Waals surface area contributed by atoms with E-state index in [2.05, 4.69) is 4.74 Å². The van der Waals surface area contributed by atoms with Gasteiger partial charge in [0.05, 0.1) is 19.8 Å². The first-order chi connectivity index (χ1) is 7.53. The van der Waals surface area contributed by atoms with Crippen molar-refractivity contribution >= 4 is 5.97 Å². The van der Waals surface area contributed by atoms with Gasteiger partial charge in [-0.1, -0.05) is 12.2 Å². The Morgan fingerprint density at radius 3 is 2.81 bits per heavy atom. The van der Waals surface area contributed by atoms with E-state index >= 15 is 0 Å². The van der Waals surface area contributed by atoms with Crippen LogP contribution in [0.2, 0.25) is 0 Å². The summed E-state index contributed by atoms with van der Waals surface area (Å²) in [5.41, 5.74) is 0. The summed E-state index contributed by atoms with van der Waals surface area (Å²) >= 11 is 0. The molecular formula is C12H20O4. The lowest BCUT2D eigenvalue weighted by Crippen LogP contribution is -2.21. The average Bonchev–Trinajstić information content (AvgIpc) is 2.57. The van der Waals surface area contributed by atoms with Crippen molar-refractivity contribution in [2.45, 2.75) is 45.0 Å². The van der Waals surface area contributed by atoms with Gasteiger partial charge in [0.1, 0.15) is 0 Å². The lowest BCUT2D eigenvalue weighted by molar-refractivity contribution is -0.140. The summed E-state index contributed by atoms with van der Waals surface area (Å²) in [5, 5.41) is 0. The molecule has 1 fully saturated rings. The molecule has 1 rings (SSSR count). The molecule has 4 nitrogen and oxygen atoms in total. The first kappa shape index (κ1) is 13.2. The maximum Gasteiger partial charge on any atom is 0.305 e. The molecule has 0 aromatic heterocycles. The summed E-state index contributed by atoms with van der Waals surface area (Å²) in [6.07, 6.45) is 6.10. The van der Waals surface area contributed by atoms with E-state index in [1.54, 1.807) is 0 Å². The topological polar surface area (TPSA) is 44.8 Å². The Balaban J connectivity index is 2.11. The Hall–Kier alpha value is -0.870. The predicted molar refractivity (Wildman–Crippen MR) is 59.9 cm³/mol. The van der Waals surface area contributed by atoms with Crippen LogP contribution in [0.5, 0.6) is 0 Å². The molecule has 0 amide bonds. The minimum Gasteiger partial charge on any atom is -0.469 e. The largest absolute Gasteiger partial charge is 0.469 e. The average molecular weight is 228 g/mol. The number of hydrogen-bond donors (Lipinski definition) is 0. The third-order valence-corrected chi connectivity index (χ3v) is 2.38. The number of carbonyl (C=O) groups excluding carboxylic acids is 1. The number of hydrogen-bond acceptors (Lipinski definition) is 4. The summed E-state index contributed by atoms with van der Waals surface area (Å²) in [6.45, 7) is 4.45. The van der Waals surface area contributed by atoms with Crippen molar-refractivity contribution in [1.82, 2.24) is 0 Å². The molecule has 0 aromatic carbocycles. The zero-order chi connectivity index (χ0) is 12.0. The van der Waals surface area contributed by atoms with Gasteiger partial charge in [-0.25, -0.2) is 0 Å². The highest BCUT2D eigenvalue weighted by atomic mass is 16.7. The molecule has 92 valence electrons. The Kier molecular flexibility index (Phi) is 4.96. The van der Waals surface area contributed by atoms with Crippen molar-refractivity contribution in [2.24, 2.45) is 0 Å². The van der Waals surface area contributed by atoms with E-state index in [9.17, 15) is 4.79 Å². The first-order valence-electron chi connectivity index (χ1n) is 5.57. The number of methoxy groups -OCH3 is 1. The molecule has 0 N–H and O–H groups in total. The lowest BCUT2D eigenvalue weighted by atomic mass is 10.2. The van der Waals surface area contributed by atoms with Gasteiger partial charge in [0, 0.05) is 6.42 Å². The van der Waals surface area contributed by atoms with Crippen LogP contribution in [0.1, 0.15) is 33.1 Å². The molecular weight excluding hydrogens is 208 g/mol. The molecule has 0 aliphatic carbocycles. The minimum atomic E-state index is -0.454. The van der Waals surface area contributed by atoms with Crippen molar-refractivity contribution in [1.29, 1.82) is 0 Å². The second-order valence-corrected chi connectivity index (χ2v) is 4.27. The van der Waals surface area contributed by atoms with Crippen LogP contribution in [0, 0.1) is 0 Å². The standard InChI is InChI=1S/C12H20O4/c1-12(2)15-9-10(16-12)7-5-4-6-8-11(13)14-3/h4-5,10H,6-9H2,1-3H3/t10-/m0/s1. The summed E-state index contributed by atoms with van der Waals surface area (Å²) in [6, 6.07) is 0. The number of carbonyl (C=O) groups is 1. The van der Waals surface area contributed by atoms with Gasteiger partial charge >= 0.3 is 5.97 Å². The number of rotatable bonds is 5. The normalized spacial score (nSPS) is 23.8. The van der Waals surface area contributed by atoms with Crippen LogP contribution in [-0.2, 0) is 19.0 Å². The second kappa shape index (κ2) is 6.01. The lowest BCUT2D eigenvalue weighted by Gasteiger charge is -2.16. The van der Waals surface area contributed by atoms with Crippen LogP contribution in [0.4, 0.5) is 0 Å². The molecule has 0 unspecified atom stereocenters. The highest BCUT2D eigenvalue weighted by Gasteiger charge is 2.31. The van der Waals surface area contributed by atoms with Gasteiger partial charge in [-0.05, 0) is 26.7 Å². The monoisotopic (exact) mass is 228 g/mol. The van der Waals surface area contributed by atoms with E-state index < -0.39 is 5.79 Å². The van der Waals surface area contributed by atoms with Crippen molar-refractivity contribution < 1.29 is 19.0 Å². The molecule has 4 heteroatoms. The van der Waals surface area contributed by atoms with Gasteiger partial charge in [-0.3, -0.25) is 4.79 Å². The van der Waals surface area contributed by atoms with Crippen LogP contribution < -0.4 is 0 Å². The fourth-order valence-corrected chi connectivity index (χ4v) is 1.55. The fraction of sp³-hybridized carbons (Fsp3) is 0.750. The number of ether oxygens (including phenoxy) is 3. The summed E-state index contributed by atoms with van der Waals surface area (Å²) in [4.78, 5) is 10.8. The number of esters is 1. The van der Waals surface area contributed by atoms with Gasteiger partial charge in [-0.15, -0.1) is 0 Å². The third-order valence-electron chi connectivity index (χ3n) is 2.38. The molecule has 1 heterocycles. The summed E-state index contributed by atoms with van der Waals surface area (Å²) < 4.78 is 15.6. The third kappa shape index (κ3) is 4.77. The van der Waals surface area contributed by atoms with Gasteiger partial charge in [-0.2, -0.15) is 0 Å². The van der Waals surface area contributed by atoms with Crippen molar-refractivity contribution in [2.75, 3.05) is 13.7 Å². The predicted octanol–water partition coefficient (Wildman–Crippen LogP) is 2.04. The van der Waals surface area contributed by atoms with E-state index in [1.807, 2.05) is 26.0 Å². The van der Waals surface area contributed by atoms with Gasteiger partial charge in [0.25, 0.3) is 0 Å². The summed E-state index contributed by atoms with van der Waals surface area (Å²) in [7, 11) is 1.40. The summed E-state index contributed by atoms with van der Waals surface area (Å²) in [5.74, 6) is -0.629. The van der Waals surface area contributed by atoms with Crippen LogP contribution in [0.3, 0.4) is 0 Å². The van der Waals surface area contributed by atoms with Gasteiger partial charge in [0.15, 0.2) is 5.79 Å². The molecule has 0 bridgehead atoms. The maximum absolute atomic E-state index is 10.8. The Bertz CT molecular complexity index is 258. The molecule has 0 saturated carbocycles. The minimum absolute atomic E-state index is 0.129. The van der Waals surface area contributed by atoms with Gasteiger partial charge < -0.3 is 14.2 Å². The molecule has 16 heavy (non-hydrogen) atoms. The first-order valence-corrected chi connectivity index (χ1v) is 5.57. The maximum atomic E-state index is 10.8. The molecule has 0 radical (unpaired) electrons. The van der Waals surface area contributed by atoms with Crippen LogP contribution >= 0.6 is 0 Å². The van der Waals surface area contributed by atoms with Crippen molar-refractivity contribution in [3.63, 3.8) is 0 Å². The van der Waals surface area contributed by atoms with E-state index in [1.165, 1.54) is 7.11 Å². The Morgan fingerprint density at radius 1 is 1.50 bits per heavy atom. The highest BCUT2D eigenvalue weighted by Crippen LogP contribution is 2.24. The second-order valence-electron chi connectivity index (χ2n) is 4.27. The van der Waals surface area contributed by atoms with Gasteiger partial charge in [0.2, 0.25) is 0 Å². The van der Waals surface area contributed by atoms with E-state index in [4.69, 9.17) is 9.47 Å². The zero-order valence-electron chi connectivity index (χ0n) is 10.2. The van der Waals surface area contributed by atoms with Crippen molar-refractivity contribution in [3.8, 4) is 0 Å². The molecule has 1 aliphatic rings. The molecule has 0 aromatic rings. The van der Waals surface area contributed by atoms with E-state index in [-0.39, 0.29) is 12.1 Å². The SMILES string of the molecule is COC(=O)CCC=CC[C@H]1COC(C)(C)O1. The van der Waals surface area contributed by atoms with Crippen molar-refractivity contribution in [3.05, 3.63) is 12.2 Å². The fourth-order valence-electron chi connectivity index (χ4n) is 1.55.